The first-order valence-corrected chi connectivity index (χ1v) is 10.6. The van der Waals surface area contributed by atoms with Gasteiger partial charge in [-0.2, -0.15) is 11.8 Å². The average molecular weight is 382 g/mol. The van der Waals surface area contributed by atoms with E-state index in [0.717, 1.165) is 25.0 Å². The quantitative estimate of drug-likeness (QED) is 0.821. The summed E-state index contributed by atoms with van der Waals surface area (Å²) in [5.41, 5.74) is -0.498. The zero-order valence-electron chi connectivity index (χ0n) is 16.2. The van der Waals surface area contributed by atoms with Gasteiger partial charge in [0.05, 0.1) is 0 Å². The van der Waals surface area contributed by atoms with Gasteiger partial charge in [-0.15, -0.1) is 0 Å². The normalized spacial score (nSPS) is 17.0. The van der Waals surface area contributed by atoms with Crippen LogP contribution in [0.2, 0.25) is 0 Å². The second-order valence-corrected chi connectivity index (χ2v) is 8.66. The molecule has 0 aliphatic carbocycles. The van der Waals surface area contributed by atoms with E-state index >= 15 is 0 Å². The third kappa shape index (κ3) is 6.27. The van der Waals surface area contributed by atoms with Gasteiger partial charge in [-0.3, -0.25) is 4.79 Å². The molecule has 6 nitrogen and oxygen atoms in total. The Morgan fingerprint density at radius 3 is 2.38 bits per heavy atom. The van der Waals surface area contributed by atoms with E-state index in [9.17, 15) is 9.59 Å². The highest BCUT2D eigenvalue weighted by Crippen LogP contribution is 2.21. The molecule has 0 spiro atoms. The molecule has 1 N–H and O–H groups in total. The number of piperidine rings is 1. The molecule has 2 rings (SSSR count). The van der Waals surface area contributed by atoms with Gasteiger partial charge < -0.3 is 19.5 Å². The van der Waals surface area contributed by atoms with Crippen molar-refractivity contribution >= 4 is 23.8 Å². The Hall–Kier alpha value is -1.63. The van der Waals surface area contributed by atoms with Gasteiger partial charge in [0.15, 0.2) is 0 Å². The predicted molar refractivity (Wildman–Crippen MR) is 105 cm³/mol. The SMILES string of the molecule is CSCC[C@H](C(=O)N1CCC(NC(=O)OC(C)(C)C)CC1)n1cccc1. The summed E-state index contributed by atoms with van der Waals surface area (Å²) in [6.07, 6.45) is 7.93. The zero-order chi connectivity index (χ0) is 19.2. The van der Waals surface area contributed by atoms with Crippen LogP contribution in [0, 0.1) is 0 Å². The average Bonchev–Trinajstić information content (AvgIpc) is 3.08. The number of amides is 2. The van der Waals surface area contributed by atoms with Crippen molar-refractivity contribution in [1.82, 2.24) is 14.8 Å². The Balaban J connectivity index is 1.87. The topological polar surface area (TPSA) is 63.6 Å². The van der Waals surface area contributed by atoms with Crippen molar-refractivity contribution in [2.75, 3.05) is 25.1 Å². The highest BCUT2D eigenvalue weighted by Gasteiger charge is 2.30. The Bertz CT molecular complexity index is 575. The molecule has 0 bridgehead atoms. The van der Waals surface area contributed by atoms with Gasteiger partial charge in [-0.25, -0.2) is 4.79 Å². The molecule has 1 saturated heterocycles. The van der Waals surface area contributed by atoms with Crippen LogP contribution in [0.5, 0.6) is 0 Å². The van der Waals surface area contributed by atoms with Crippen molar-refractivity contribution in [3.63, 3.8) is 0 Å². The van der Waals surface area contributed by atoms with Crippen molar-refractivity contribution < 1.29 is 14.3 Å². The first-order chi connectivity index (χ1) is 12.3. The molecule has 146 valence electrons. The maximum absolute atomic E-state index is 13.0. The summed E-state index contributed by atoms with van der Waals surface area (Å²) in [6, 6.07) is 3.82. The van der Waals surface area contributed by atoms with Gasteiger partial charge in [0.25, 0.3) is 0 Å². The lowest BCUT2D eigenvalue weighted by Gasteiger charge is -2.35. The molecule has 2 amide bonds. The van der Waals surface area contributed by atoms with Crippen molar-refractivity contribution in [3.8, 4) is 0 Å². The monoisotopic (exact) mass is 381 g/mol. The fourth-order valence-electron chi connectivity index (χ4n) is 3.11. The van der Waals surface area contributed by atoms with E-state index < -0.39 is 5.60 Å². The highest BCUT2D eigenvalue weighted by atomic mass is 32.2. The van der Waals surface area contributed by atoms with Crippen molar-refractivity contribution in [1.29, 1.82) is 0 Å². The summed E-state index contributed by atoms with van der Waals surface area (Å²) < 4.78 is 7.31. The van der Waals surface area contributed by atoms with Crippen LogP contribution in [0.4, 0.5) is 4.79 Å². The van der Waals surface area contributed by atoms with E-state index in [1.807, 2.05) is 54.8 Å². The predicted octanol–water partition coefficient (Wildman–Crippen LogP) is 3.30. The number of hydrogen-bond acceptors (Lipinski definition) is 4. The number of aromatic nitrogens is 1. The summed E-state index contributed by atoms with van der Waals surface area (Å²) in [5, 5.41) is 2.92. The minimum Gasteiger partial charge on any atom is -0.444 e. The van der Waals surface area contributed by atoms with E-state index in [1.165, 1.54) is 0 Å². The van der Waals surface area contributed by atoms with Gasteiger partial charge in [0.2, 0.25) is 5.91 Å². The number of nitrogens with one attached hydrogen (secondary N) is 1. The third-order valence-corrected chi connectivity index (χ3v) is 5.04. The van der Waals surface area contributed by atoms with Crippen LogP contribution in [-0.2, 0) is 9.53 Å². The van der Waals surface area contributed by atoms with Crippen LogP contribution in [0.25, 0.3) is 0 Å². The molecule has 1 aromatic heterocycles. The van der Waals surface area contributed by atoms with Crippen LogP contribution < -0.4 is 5.32 Å². The molecule has 1 fully saturated rings. The smallest absolute Gasteiger partial charge is 0.407 e. The minimum atomic E-state index is -0.498. The minimum absolute atomic E-state index is 0.0603. The number of ether oxygens (including phenoxy) is 1. The van der Waals surface area contributed by atoms with E-state index in [1.54, 1.807) is 11.8 Å². The van der Waals surface area contributed by atoms with Crippen molar-refractivity contribution in [3.05, 3.63) is 24.5 Å². The third-order valence-electron chi connectivity index (χ3n) is 4.40. The maximum Gasteiger partial charge on any atom is 0.407 e. The largest absolute Gasteiger partial charge is 0.444 e. The highest BCUT2D eigenvalue weighted by molar-refractivity contribution is 7.98. The van der Waals surface area contributed by atoms with E-state index in [-0.39, 0.29) is 24.1 Å². The number of carbonyl (C=O) groups is 2. The number of rotatable bonds is 6. The molecule has 0 saturated carbocycles. The zero-order valence-corrected chi connectivity index (χ0v) is 17.1. The first kappa shape index (κ1) is 20.7. The summed E-state index contributed by atoms with van der Waals surface area (Å²) >= 11 is 1.76. The number of alkyl carbamates (subject to hydrolysis) is 1. The lowest BCUT2D eigenvalue weighted by atomic mass is 10.0. The summed E-state index contributed by atoms with van der Waals surface area (Å²) in [5.74, 6) is 1.12. The summed E-state index contributed by atoms with van der Waals surface area (Å²) in [4.78, 5) is 26.8. The number of hydrogen-bond donors (Lipinski definition) is 1. The molecular formula is C19H31N3O3S. The molecule has 0 unspecified atom stereocenters. The molecule has 7 heteroatoms. The standard InChI is InChI=1S/C19H31N3O3S/c1-19(2,3)25-18(24)20-15-7-12-22(13-8-15)17(23)16(9-14-26-4)21-10-5-6-11-21/h5-6,10-11,15-16H,7-9,12-14H2,1-4H3,(H,20,24)/t16-/m1/s1. The van der Waals surface area contributed by atoms with Crippen LogP contribution in [0.1, 0.15) is 46.1 Å². The van der Waals surface area contributed by atoms with E-state index in [4.69, 9.17) is 4.74 Å². The Morgan fingerprint density at radius 2 is 1.85 bits per heavy atom. The lowest BCUT2D eigenvalue weighted by molar-refractivity contribution is -0.136. The maximum atomic E-state index is 13.0. The second kappa shape index (κ2) is 9.35. The fourth-order valence-corrected chi connectivity index (χ4v) is 3.57. The van der Waals surface area contributed by atoms with E-state index in [2.05, 4.69) is 11.6 Å². The Kier molecular flexibility index (Phi) is 7.43. The van der Waals surface area contributed by atoms with Crippen molar-refractivity contribution in [2.24, 2.45) is 0 Å². The van der Waals surface area contributed by atoms with Crippen LogP contribution >= 0.6 is 11.8 Å². The number of carbonyl (C=O) groups excluding carboxylic acids is 2. The van der Waals surface area contributed by atoms with Crippen LogP contribution in [-0.4, -0.2) is 58.2 Å². The molecule has 0 aromatic carbocycles. The van der Waals surface area contributed by atoms with Gasteiger partial charge in [-0.1, -0.05) is 0 Å². The van der Waals surface area contributed by atoms with Gasteiger partial charge in [0.1, 0.15) is 11.6 Å². The molecular weight excluding hydrogens is 350 g/mol. The molecule has 0 radical (unpaired) electrons. The first-order valence-electron chi connectivity index (χ1n) is 9.20. The number of nitrogens with zero attached hydrogens (tertiary/aromatic N) is 2. The van der Waals surface area contributed by atoms with Gasteiger partial charge in [-0.05, 0) is 64.2 Å². The molecule has 1 atom stereocenters. The molecule has 1 aromatic rings. The molecule has 26 heavy (non-hydrogen) atoms. The fraction of sp³-hybridized carbons (Fsp3) is 0.684. The summed E-state index contributed by atoms with van der Waals surface area (Å²) in [7, 11) is 0. The lowest BCUT2D eigenvalue weighted by Crippen LogP contribution is -2.49. The van der Waals surface area contributed by atoms with Gasteiger partial charge >= 0.3 is 6.09 Å². The Morgan fingerprint density at radius 1 is 1.23 bits per heavy atom. The van der Waals surface area contributed by atoms with Crippen LogP contribution in [0.3, 0.4) is 0 Å². The van der Waals surface area contributed by atoms with Gasteiger partial charge in [0, 0.05) is 31.5 Å². The Labute approximate surface area is 160 Å². The number of likely N-dealkylation sites (tertiary alicyclic amines) is 1. The molecule has 1 aliphatic heterocycles. The van der Waals surface area contributed by atoms with Crippen LogP contribution in [0.15, 0.2) is 24.5 Å². The molecule has 2 heterocycles. The van der Waals surface area contributed by atoms with Crippen molar-refractivity contribution in [2.45, 2.75) is 57.7 Å². The number of thioether (sulfide) groups is 1. The molecule has 1 aliphatic rings. The van der Waals surface area contributed by atoms with E-state index in [0.29, 0.717) is 13.1 Å². The second-order valence-electron chi connectivity index (χ2n) is 7.67. The summed E-state index contributed by atoms with van der Waals surface area (Å²) in [6.45, 7) is 6.88.